The van der Waals surface area contributed by atoms with Crippen LogP contribution in [0.15, 0.2) is 67.1 Å². The molecule has 29 heavy (non-hydrogen) atoms. The minimum Gasteiger partial charge on any atom is -0.503 e. The van der Waals surface area contributed by atoms with Crippen molar-refractivity contribution < 1.29 is 29.6 Å². The van der Waals surface area contributed by atoms with E-state index >= 15 is 0 Å². The van der Waals surface area contributed by atoms with Gasteiger partial charge in [0.25, 0.3) is 0 Å². The summed E-state index contributed by atoms with van der Waals surface area (Å²) >= 11 is 0. The fraction of sp³-hybridized carbons (Fsp3) is 0.0476. The topological polar surface area (TPSA) is 115 Å². The van der Waals surface area contributed by atoms with Crippen molar-refractivity contribution in [1.29, 1.82) is 5.26 Å². The number of rotatable bonds is 7. The van der Waals surface area contributed by atoms with Gasteiger partial charge < -0.3 is 19.3 Å². The average molecular weight is 393 g/mol. The number of aliphatic carboxylic acids is 1. The van der Waals surface area contributed by atoms with Gasteiger partial charge in [-0.05, 0) is 18.2 Å². The maximum absolute atomic E-state index is 11.6. The van der Waals surface area contributed by atoms with Crippen molar-refractivity contribution >= 4 is 11.5 Å². The number of para-hydroxylation sites is 2. The van der Waals surface area contributed by atoms with Crippen LogP contribution in [0.5, 0.6) is 23.3 Å². The first kappa shape index (κ1) is 14.6. The first-order chi connectivity index (χ1) is 15.8. The highest BCUT2D eigenvalue weighted by atomic mass is 16.5. The second-order valence-electron chi connectivity index (χ2n) is 5.28. The Labute approximate surface area is 171 Å². The van der Waals surface area contributed by atoms with Gasteiger partial charge in [-0.3, -0.25) is 0 Å². The standard InChI is InChI=1S/C21H15N3O5/c1-27-12-16(21(25)26)15-7-3-5-9-18(15)29-20-10-19(23-13-24-20)28-17-8-4-2-6-14(17)11-22/h2-10,12-13H,1H3,(H,25,26)/b16-12+/i2D,4D,6D,8D. The van der Waals surface area contributed by atoms with Crippen molar-refractivity contribution in [2.75, 3.05) is 7.11 Å². The molecule has 1 aromatic heterocycles. The number of methoxy groups -OCH3 is 1. The fourth-order valence-corrected chi connectivity index (χ4v) is 2.23. The van der Waals surface area contributed by atoms with Crippen molar-refractivity contribution in [1.82, 2.24) is 9.97 Å². The molecule has 0 aliphatic heterocycles. The van der Waals surface area contributed by atoms with Crippen LogP contribution in [-0.2, 0) is 9.53 Å². The summed E-state index contributed by atoms with van der Waals surface area (Å²) in [6, 6.07) is 6.99. The van der Waals surface area contributed by atoms with Crippen LogP contribution in [-0.4, -0.2) is 28.2 Å². The molecule has 1 heterocycles. The highest BCUT2D eigenvalue weighted by Crippen LogP contribution is 2.31. The minimum atomic E-state index is -1.23. The maximum atomic E-state index is 11.6. The number of carbonyl (C=O) groups is 1. The van der Waals surface area contributed by atoms with Crippen LogP contribution in [0.2, 0.25) is 0 Å². The lowest BCUT2D eigenvalue weighted by Crippen LogP contribution is -2.02. The monoisotopic (exact) mass is 393 g/mol. The third-order valence-electron chi connectivity index (χ3n) is 3.45. The highest BCUT2D eigenvalue weighted by Gasteiger charge is 2.17. The Bertz CT molecular complexity index is 1310. The molecule has 0 aliphatic carbocycles. The molecule has 3 aromatic rings. The van der Waals surface area contributed by atoms with Crippen LogP contribution >= 0.6 is 0 Å². The van der Waals surface area contributed by atoms with Gasteiger partial charge in [0.05, 0.1) is 30.5 Å². The van der Waals surface area contributed by atoms with Crippen molar-refractivity contribution in [2.45, 2.75) is 0 Å². The Kier molecular flexibility index (Phi) is 4.55. The zero-order chi connectivity index (χ0) is 24.1. The number of benzene rings is 2. The molecule has 0 bridgehead atoms. The van der Waals surface area contributed by atoms with Crippen molar-refractivity contribution in [3.05, 3.63) is 78.2 Å². The number of hydrogen-bond donors (Lipinski definition) is 1. The molecule has 0 spiro atoms. The largest absolute Gasteiger partial charge is 0.503 e. The molecule has 0 fully saturated rings. The van der Waals surface area contributed by atoms with Crippen molar-refractivity contribution in [2.24, 2.45) is 0 Å². The molecular weight excluding hydrogens is 374 g/mol. The van der Waals surface area contributed by atoms with E-state index in [1.54, 1.807) is 18.2 Å². The fourth-order valence-electron chi connectivity index (χ4n) is 2.23. The van der Waals surface area contributed by atoms with E-state index in [0.717, 1.165) is 12.6 Å². The van der Waals surface area contributed by atoms with Crippen LogP contribution in [0.25, 0.3) is 5.57 Å². The first-order valence-corrected chi connectivity index (χ1v) is 8.02. The van der Waals surface area contributed by atoms with Gasteiger partial charge in [-0.15, -0.1) is 0 Å². The van der Waals surface area contributed by atoms with Gasteiger partial charge in [0, 0.05) is 5.56 Å². The molecular formula is C21H15N3O5. The van der Waals surface area contributed by atoms with E-state index in [9.17, 15) is 15.2 Å². The predicted octanol–water partition coefficient (Wildman–Crippen LogP) is 4.00. The maximum Gasteiger partial charge on any atom is 0.339 e. The van der Waals surface area contributed by atoms with E-state index in [2.05, 4.69) is 9.97 Å². The number of hydrogen-bond acceptors (Lipinski definition) is 7. The molecule has 1 N–H and O–H groups in total. The van der Waals surface area contributed by atoms with Gasteiger partial charge in [-0.2, -0.15) is 5.26 Å². The molecule has 8 nitrogen and oxygen atoms in total. The summed E-state index contributed by atoms with van der Waals surface area (Å²) in [6.45, 7) is 0. The van der Waals surface area contributed by atoms with Gasteiger partial charge in [-0.1, -0.05) is 30.3 Å². The lowest BCUT2D eigenvalue weighted by atomic mass is 10.1. The van der Waals surface area contributed by atoms with Crippen LogP contribution < -0.4 is 9.47 Å². The van der Waals surface area contributed by atoms with E-state index < -0.39 is 35.9 Å². The van der Waals surface area contributed by atoms with Crippen LogP contribution in [0.1, 0.15) is 16.6 Å². The number of ether oxygens (including phenoxy) is 3. The second-order valence-corrected chi connectivity index (χ2v) is 5.28. The third kappa shape index (κ3) is 4.67. The zero-order valence-electron chi connectivity index (χ0n) is 19.0. The Balaban J connectivity index is 1.98. The van der Waals surface area contributed by atoms with Gasteiger partial charge in [0.15, 0.2) is 0 Å². The van der Waals surface area contributed by atoms with Crippen LogP contribution in [0, 0.1) is 11.3 Å². The Hall–Kier alpha value is -4.38. The van der Waals surface area contributed by atoms with E-state index in [-0.39, 0.29) is 34.2 Å². The molecule has 0 saturated carbocycles. The Morgan fingerprint density at radius 3 is 2.55 bits per heavy atom. The highest BCUT2D eigenvalue weighted by molar-refractivity contribution is 6.15. The second kappa shape index (κ2) is 9.01. The molecule has 0 unspecified atom stereocenters. The normalized spacial score (nSPS) is 12.6. The summed E-state index contributed by atoms with van der Waals surface area (Å²) in [7, 11) is 1.31. The Morgan fingerprint density at radius 1 is 1.17 bits per heavy atom. The first-order valence-electron chi connectivity index (χ1n) is 10.0. The lowest BCUT2D eigenvalue weighted by Gasteiger charge is -2.12. The lowest BCUT2D eigenvalue weighted by molar-refractivity contribution is -0.130. The van der Waals surface area contributed by atoms with Gasteiger partial charge >= 0.3 is 5.97 Å². The molecule has 0 saturated heterocycles. The van der Waals surface area contributed by atoms with E-state index in [1.165, 1.54) is 25.3 Å². The number of aromatic nitrogens is 2. The van der Waals surface area contributed by atoms with Crippen LogP contribution in [0.3, 0.4) is 0 Å². The average Bonchev–Trinajstić information content (AvgIpc) is 2.80. The molecule has 0 atom stereocenters. The van der Waals surface area contributed by atoms with Crippen molar-refractivity contribution in [3.8, 4) is 29.3 Å². The Morgan fingerprint density at radius 2 is 1.86 bits per heavy atom. The van der Waals surface area contributed by atoms with Gasteiger partial charge in [-0.25, -0.2) is 14.8 Å². The smallest absolute Gasteiger partial charge is 0.339 e. The molecule has 0 aliphatic rings. The molecule has 0 amide bonds. The van der Waals surface area contributed by atoms with Crippen LogP contribution in [0.4, 0.5) is 0 Å². The zero-order valence-corrected chi connectivity index (χ0v) is 15.0. The number of nitrogens with zero attached hydrogens (tertiary/aromatic N) is 3. The number of carboxylic acids is 1. The van der Waals surface area contributed by atoms with Gasteiger partial charge in [0.2, 0.25) is 11.8 Å². The molecule has 8 heteroatoms. The summed E-state index contributed by atoms with van der Waals surface area (Å²) in [5, 5.41) is 18.8. The summed E-state index contributed by atoms with van der Waals surface area (Å²) in [4.78, 5) is 19.4. The van der Waals surface area contributed by atoms with E-state index in [4.69, 9.17) is 19.7 Å². The SMILES string of the molecule is [2H]c1c([2H])c([2H])c(Oc2cc(Oc3ccccc3/C(=C\OC)C(=O)O)ncn2)c(C#N)c1[2H]. The van der Waals surface area contributed by atoms with E-state index in [1.807, 2.05) is 0 Å². The summed E-state index contributed by atoms with van der Waals surface area (Å²) in [6.07, 6.45) is 2.14. The molecule has 2 aromatic carbocycles. The van der Waals surface area contributed by atoms with E-state index in [0.29, 0.717) is 0 Å². The van der Waals surface area contributed by atoms with Gasteiger partial charge in [0.1, 0.15) is 29.5 Å². The molecule has 3 rings (SSSR count). The molecule has 144 valence electrons. The predicted molar refractivity (Wildman–Crippen MR) is 102 cm³/mol. The quantitative estimate of drug-likeness (QED) is 0.473. The summed E-state index contributed by atoms with van der Waals surface area (Å²) in [5.41, 5.74) is -0.322. The third-order valence-corrected chi connectivity index (χ3v) is 3.45. The van der Waals surface area contributed by atoms with Crippen molar-refractivity contribution in [3.63, 3.8) is 0 Å². The summed E-state index contributed by atoms with van der Waals surface area (Å²) in [5.74, 6) is -1.70. The molecule has 0 radical (unpaired) electrons. The number of carboxylic acid groups (broad SMARTS) is 1. The summed E-state index contributed by atoms with van der Waals surface area (Å²) < 4.78 is 47.3. The minimum absolute atomic E-state index is 0.0473. The number of nitriles is 1.